The van der Waals surface area contributed by atoms with Gasteiger partial charge in [-0.25, -0.2) is 0 Å². The Morgan fingerprint density at radius 2 is 1.14 bits per heavy atom. The van der Waals surface area contributed by atoms with Gasteiger partial charge in [-0.15, -0.1) is 0 Å². The first-order valence-electron chi connectivity index (χ1n) is 19.7. The third-order valence-corrected chi connectivity index (χ3v) is 12.9. The van der Waals surface area contributed by atoms with E-state index in [-0.39, 0.29) is 5.92 Å². The van der Waals surface area contributed by atoms with Crippen molar-refractivity contribution >= 4 is 76.5 Å². The third-order valence-electron chi connectivity index (χ3n) is 12.9. The average molecular weight is 727 g/mol. The maximum atomic E-state index is 6.70. The van der Waals surface area contributed by atoms with Crippen LogP contribution in [0.5, 0.6) is 0 Å². The molecule has 4 heterocycles. The molecule has 8 aromatic carbocycles. The molecule has 0 amide bonds. The smallest absolute Gasteiger partial charge is 0.240 e. The fourth-order valence-corrected chi connectivity index (χ4v) is 10.6. The van der Waals surface area contributed by atoms with Crippen LogP contribution in [0.2, 0.25) is 0 Å². The molecule has 0 radical (unpaired) electrons. The molecule has 0 saturated heterocycles. The molecule has 0 bridgehead atoms. The molecular formula is C52H30N4O. The van der Waals surface area contributed by atoms with Crippen molar-refractivity contribution in [1.29, 1.82) is 0 Å². The normalized spacial score (nSPS) is 14.4. The van der Waals surface area contributed by atoms with Gasteiger partial charge in [-0.2, -0.15) is 9.97 Å². The number of hydrogen-bond acceptors (Lipinski definition) is 3. The largest absolute Gasteiger partial charge is 0.437 e. The summed E-state index contributed by atoms with van der Waals surface area (Å²) in [6, 6.07) is 59.3. The maximum absolute atomic E-state index is 6.70. The first-order chi connectivity index (χ1) is 28.3. The van der Waals surface area contributed by atoms with Gasteiger partial charge in [-0.05, 0) is 80.9 Å². The Hall–Kier alpha value is -7.50. The molecule has 4 aromatic heterocycles. The zero-order valence-electron chi connectivity index (χ0n) is 30.6. The highest BCUT2D eigenvalue weighted by molar-refractivity contribution is 6.20. The van der Waals surface area contributed by atoms with Crippen molar-refractivity contribution in [2.75, 3.05) is 0 Å². The van der Waals surface area contributed by atoms with E-state index in [1.807, 2.05) is 12.1 Å². The molecule has 0 saturated carbocycles. The highest BCUT2D eigenvalue weighted by Gasteiger charge is 2.39. The summed E-state index contributed by atoms with van der Waals surface area (Å²) in [6.07, 6.45) is 0.968. The number of para-hydroxylation sites is 4. The molecule has 0 fully saturated rings. The van der Waals surface area contributed by atoms with Gasteiger partial charge in [0.2, 0.25) is 11.7 Å². The molecule has 1 unspecified atom stereocenters. The lowest BCUT2D eigenvalue weighted by Gasteiger charge is -2.27. The van der Waals surface area contributed by atoms with Crippen LogP contribution in [0.25, 0.3) is 110 Å². The van der Waals surface area contributed by atoms with Crippen LogP contribution in [0.4, 0.5) is 0 Å². The number of hydrogen-bond donors (Lipinski definition) is 0. The quantitative estimate of drug-likeness (QED) is 0.178. The summed E-state index contributed by atoms with van der Waals surface area (Å²) in [4.78, 5) is 11.0. The van der Waals surface area contributed by atoms with Crippen LogP contribution in [-0.2, 0) is 6.42 Å². The molecule has 57 heavy (non-hydrogen) atoms. The minimum absolute atomic E-state index is 0.244. The van der Waals surface area contributed by atoms with Crippen LogP contribution >= 0.6 is 0 Å². The maximum Gasteiger partial charge on any atom is 0.240 e. The van der Waals surface area contributed by atoms with Crippen LogP contribution in [-0.4, -0.2) is 19.1 Å². The van der Waals surface area contributed by atoms with Crippen molar-refractivity contribution in [3.63, 3.8) is 0 Å². The number of fused-ring (bicyclic) bond motifs is 17. The zero-order chi connectivity index (χ0) is 36.9. The second kappa shape index (κ2) is 10.6. The van der Waals surface area contributed by atoms with Crippen LogP contribution in [0, 0.1) is 0 Å². The van der Waals surface area contributed by atoms with Gasteiger partial charge in [0.05, 0.1) is 27.5 Å². The van der Waals surface area contributed by atoms with Crippen molar-refractivity contribution in [1.82, 2.24) is 19.1 Å². The van der Waals surface area contributed by atoms with Crippen molar-refractivity contribution in [2.24, 2.45) is 0 Å². The number of aromatic nitrogens is 4. The first kappa shape index (κ1) is 29.8. The van der Waals surface area contributed by atoms with Crippen molar-refractivity contribution in [3.05, 3.63) is 180 Å². The highest BCUT2D eigenvalue weighted by Crippen LogP contribution is 2.58. The Labute approximate surface area is 325 Å². The van der Waals surface area contributed by atoms with Crippen LogP contribution in [0.15, 0.2) is 168 Å². The fourth-order valence-electron chi connectivity index (χ4n) is 10.6. The van der Waals surface area contributed by atoms with E-state index in [4.69, 9.17) is 14.4 Å². The van der Waals surface area contributed by atoms with Gasteiger partial charge < -0.3 is 4.42 Å². The van der Waals surface area contributed by atoms with E-state index in [2.05, 4.69) is 161 Å². The summed E-state index contributed by atoms with van der Waals surface area (Å²) < 4.78 is 11.3. The lowest BCUT2D eigenvalue weighted by molar-refractivity contribution is 0.650. The van der Waals surface area contributed by atoms with Crippen molar-refractivity contribution in [2.45, 2.75) is 12.3 Å². The predicted octanol–water partition coefficient (Wildman–Crippen LogP) is 13.1. The molecular weight excluding hydrogens is 697 g/mol. The summed E-state index contributed by atoms with van der Waals surface area (Å²) in [6.45, 7) is 0. The Kier molecular flexibility index (Phi) is 5.55. The molecule has 0 aliphatic heterocycles. The van der Waals surface area contributed by atoms with Gasteiger partial charge in [-0.1, -0.05) is 133 Å². The average Bonchev–Trinajstić information content (AvgIpc) is 4.00. The summed E-state index contributed by atoms with van der Waals surface area (Å²) in [5.74, 6) is 1.63. The van der Waals surface area contributed by atoms with E-state index in [1.54, 1.807) is 0 Å². The van der Waals surface area contributed by atoms with E-state index < -0.39 is 0 Å². The summed E-state index contributed by atoms with van der Waals surface area (Å²) >= 11 is 0. The molecule has 0 spiro atoms. The predicted molar refractivity (Wildman–Crippen MR) is 232 cm³/mol. The van der Waals surface area contributed by atoms with Crippen molar-refractivity contribution in [3.8, 4) is 34.0 Å². The van der Waals surface area contributed by atoms with Crippen LogP contribution in [0.3, 0.4) is 0 Å². The van der Waals surface area contributed by atoms with Gasteiger partial charge in [-0.3, -0.25) is 9.13 Å². The second-order valence-electron chi connectivity index (χ2n) is 15.6. The van der Waals surface area contributed by atoms with Crippen molar-refractivity contribution < 1.29 is 4.42 Å². The monoisotopic (exact) mass is 726 g/mol. The molecule has 14 rings (SSSR count). The van der Waals surface area contributed by atoms with Crippen LogP contribution < -0.4 is 0 Å². The molecule has 5 nitrogen and oxygen atoms in total. The molecule has 264 valence electrons. The first-order valence-corrected chi connectivity index (χ1v) is 19.7. The highest BCUT2D eigenvalue weighted by atomic mass is 16.3. The molecule has 2 aliphatic rings. The standard InChI is InChI=1S/C52H30N4O/c1-3-15-31-29(13-1)25-26-36-38-27-30-14-2-4-16-32(30)47-46(38)40(45(31)36)28-39-35-19-7-11-23-43(35)56(49(39)47)50-48-37-20-8-12-24-44(37)57-51(48)54-52(53-50)55-41-21-9-5-17-33(41)34-18-6-10-22-42(34)55/h1-26,28,38H,27H2. The minimum atomic E-state index is 0.244. The molecule has 5 heteroatoms. The fraction of sp³-hybridized carbons (Fsp3) is 0.0385. The summed E-state index contributed by atoms with van der Waals surface area (Å²) in [5, 5.41) is 9.22. The SMILES string of the molecule is c1ccc2c(c1)CC1c3ccc4ccccc4c3-c3cc4c5ccccc5n(-c5nc(-n6c7ccccc7c7ccccc76)nc6oc7ccccc7c56)c4c-2c31. The lowest BCUT2D eigenvalue weighted by Crippen LogP contribution is -2.12. The molecule has 1 atom stereocenters. The van der Waals surface area contributed by atoms with Gasteiger partial charge in [0.1, 0.15) is 5.58 Å². The Morgan fingerprint density at radius 3 is 1.93 bits per heavy atom. The van der Waals surface area contributed by atoms with E-state index >= 15 is 0 Å². The molecule has 12 aromatic rings. The summed E-state index contributed by atoms with van der Waals surface area (Å²) in [5.41, 5.74) is 15.3. The topological polar surface area (TPSA) is 48.8 Å². The van der Waals surface area contributed by atoms with Gasteiger partial charge in [0, 0.05) is 38.4 Å². The second-order valence-corrected chi connectivity index (χ2v) is 15.6. The number of rotatable bonds is 2. The number of benzene rings is 8. The van der Waals surface area contributed by atoms with E-state index in [9.17, 15) is 0 Å². The zero-order valence-corrected chi connectivity index (χ0v) is 30.6. The van der Waals surface area contributed by atoms with E-state index in [0.29, 0.717) is 11.7 Å². The Bertz CT molecular complexity index is 3700. The Balaban J connectivity index is 1.19. The number of furan rings is 1. The molecule has 0 N–H and O–H groups in total. The number of nitrogens with zero attached hydrogens (tertiary/aromatic N) is 4. The van der Waals surface area contributed by atoms with Gasteiger partial charge in [0.25, 0.3) is 0 Å². The van der Waals surface area contributed by atoms with Gasteiger partial charge in [0.15, 0.2) is 5.82 Å². The molecule has 2 aliphatic carbocycles. The van der Waals surface area contributed by atoms with E-state index in [0.717, 1.165) is 55.9 Å². The lowest BCUT2D eigenvalue weighted by atomic mass is 9.77. The third kappa shape index (κ3) is 3.74. The minimum Gasteiger partial charge on any atom is -0.437 e. The van der Waals surface area contributed by atoms with Gasteiger partial charge >= 0.3 is 0 Å². The van der Waals surface area contributed by atoms with Crippen LogP contribution in [0.1, 0.15) is 22.6 Å². The van der Waals surface area contributed by atoms with E-state index in [1.165, 1.54) is 66.0 Å². The Morgan fingerprint density at radius 1 is 0.509 bits per heavy atom. The summed E-state index contributed by atoms with van der Waals surface area (Å²) in [7, 11) is 0.